The number of hydrogen-bond acceptors (Lipinski definition) is 3. The van der Waals surface area contributed by atoms with Crippen LogP contribution in [0.15, 0.2) is 17.1 Å². The van der Waals surface area contributed by atoms with Crippen LogP contribution in [0, 0.1) is 0 Å². The van der Waals surface area contributed by atoms with Gasteiger partial charge in [0, 0.05) is 24.8 Å². The van der Waals surface area contributed by atoms with E-state index >= 15 is 0 Å². The Labute approximate surface area is 92.4 Å². The van der Waals surface area contributed by atoms with Gasteiger partial charge < -0.3 is 10.6 Å². The van der Waals surface area contributed by atoms with E-state index in [1.807, 2.05) is 0 Å². The smallest absolute Gasteiger partial charge is 0.314 e. The fourth-order valence-electron chi connectivity index (χ4n) is 2.09. The maximum absolute atomic E-state index is 11.5. The van der Waals surface area contributed by atoms with Crippen LogP contribution >= 0.6 is 0 Å². The number of nitrogens with two attached hydrogens (primary N) is 1. The normalized spacial score (nSPS) is 17.4. The number of carbonyl (C=O) groups is 1. The summed E-state index contributed by atoms with van der Waals surface area (Å²) in [5.74, 6) is 0.197. The number of urea groups is 1. The van der Waals surface area contributed by atoms with E-state index in [9.17, 15) is 9.59 Å². The fourth-order valence-corrected chi connectivity index (χ4v) is 2.09. The Morgan fingerprint density at radius 2 is 2.19 bits per heavy atom. The summed E-state index contributed by atoms with van der Waals surface area (Å²) >= 11 is 0. The second-order valence-corrected chi connectivity index (χ2v) is 3.94. The van der Waals surface area contributed by atoms with Gasteiger partial charge in [0.1, 0.15) is 0 Å². The van der Waals surface area contributed by atoms with Crippen LogP contribution in [0.5, 0.6) is 0 Å². The Morgan fingerprint density at radius 1 is 1.50 bits per heavy atom. The minimum atomic E-state index is -0.387. The molecule has 16 heavy (non-hydrogen) atoms. The number of carbonyl (C=O) groups excluding carboxylic acids is 1. The van der Waals surface area contributed by atoms with E-state index in [4.69, 9.17) is 5.73 Å². The molecule has 0 aromatic carbocycles. The molecule has 0 unspecified atom stereocenters. The molecule has 0 radical (unpaired) electrons. The summed E-state index contributed by atoms with van der Waals surface area (Å²) in [6.07, 6.45) is 3.13. The number of primary amides is 1. The number of aromatic nitrogens is 2. The summed E-state index contributed by atoms with van der Waals surface area (Å²) in [5.41, 5.74) is 5.80. The zero-order valence-corrected chi connectivity index (χ0v) is 8.85. The van der Waals surface area contributed by atoms with Crippen LogP contribution in [0.2, 0.25) is 0 Å². The molecule has 0 atom stereocenters. The Bertz CT molecular complexity index is 434. The first-order valence-electron chi connectivity index (χ1n) is 5.26. The number of likely N-dealkylation sites (tertiary alicyclic amines) is 1. The van der Waals surface area contributed by atoms with E-state index in [1.165, 1.54) is 0 Å². The lowest BCUT2D eigenvalue weighted by atomic mass is 9.91. The number of H-pyrrole nitrogens is 1. The Balaban J connectivity index is 2.08. The molecule has 1 aromatic heterocycles. The van der Waals surface area contributed by atoms with Gasteiger partial charge in [0.05, 0.1) is 0 Å². The van der Waals surface area contributed by atoms with Gasteiger partial charge in [-0.25, -0.2) is 9.89 Å². The lowest BCUT2D eigenvalue weighted by Gasteiger charge is -2.30. The van der Waals surface area contributed by atoms with Gasteiger partial charge in [0.15, 0.2) is 0 Å². The van der Waals surface area contributed by atoms with Gasteiger partial charge >= 0.3 is 6.03 Å². The van der Waals surface area contributed by atoms with Crippen LogP contribution in [0.3, 0.4) is 0 Å². The van der Waals surface area contributed by atoms with Crippen molar-refractivity contribution in [3.05, 3.63) is 28.2 Å². The highest BCUT2D eigenvalue weighted by Gasteiger charge is 2.23. The van der Waals surface area contributed by atoms with Gasteiger partial charge in [-0.2, -0.15) is 5.10 Å². The molecular formula is C10H14N4O2. The predicted molar refractivity (Wildman–Crippen MR) is 58.0 cm³/mol. The minimum Gasteiger partial charge on any atom is -0.351 e. The van der Waals surface area contributed by atoms with Crippen LogP contribution in [0.4, 0.5) is 4.79 Å². The summed E-state index contributed by atoms with van der Waals surface area (Å²) in [5, 5.41) is 6.08. The second kappa shape index (κ2) is 4.34. The molecule has 1 fully saturated rings. The molecule has 0 bridgehead atoms. The van der Waals surface area contributed by atoms with Crippen molar-refractivity contribution < 1.29 is 4.79 Å². The third kappa shape index (κ3) is 2.05. The molecule has 0 saturated carbocycles. The molecule has 0 spiro atoms. The van der Waals surface area contributed by atoms with Gasteiger partial charge in [-0.3, -0.25) is 4.79 Å². The zero-order chi connectivity index (χ0) is 11.5. The Kier molecular flexibility index (Phi) is 2.89. The summed E-state index contributed by atoms with van der Waals surface area (Å²) in [6.45, 7) is 1.23. The molecule has 2 amide bonds. The first-order chi connectivity index (χ1) is 7.68. The monoisotopic (exact) mass is 222 g/mol. The number of nitrogens with zero attached hydrogens (tertiary/aromatic N) is 2. The fraction of sp³-hybridized carbons (Fsp3) is 0.500. The van der Waals surface area contributed by atoms with Crippen molar-refractivity contribution in [1.29, 1.82) is 0 Å². The first kappa shape index (κ1) is 10.7. The lowest BCUT2D eigenvalue weighted by molar-refractivity contribution is 0.190. The van der Waals surface area contributed by atoms with E-state index in [0.29, 0.717) is 13.1 Å². The minimum absolute atomic E-state index is 0.139. The topological polar surface area (TPSA) is 92.1 Å². The highest BCUT2D eigenvalue weighted by Crippen LogP contribution is 2.24. The number of amides is 2. The van der Waals surface area contributed by atoms with Crippen LogP contribution in [-0.4, -0.2) is 34.2 Å². The average molecular weight is 222 g/mol. The molecule has 0 aliphatic carbocycles. The van der Waals surface area contributed by atoms with Crippen molar-refractivity contribution in [3.8, 4) is 0 Å². The van der Waals surface area contributed by atoms with E-state index in [2.05, 4.69) is 10.2 Å². The van der Waals surface area contributed by atoms with Crippen molar-refractivity contribution in [2.75, 3.05) is 13.1 Å². The highest BCUT2D eigenvalue weighted by atomic mass is 16.2. The molecule has 2 rings (SSSR count). The number of piperidine rings is 1. The summed E-state index contributed by atoms with van der Waals surface area (Å²) in [6, 6.07) is 1.35. The van der Waals surface area contributed by atoms with Crippen molar-refractivity contribution in [1.82, 2.24) is 15.1 Å². The lowest BCUT2D eigenvalue weighted by Crippen LogP contribution is -2.41. The largest absolute Gasteiger partial charge is 0.351 e. The number of nitrogens with one attached hydrogen (secondary N) is 1. The molecule has 6 heteroatoms. The van der Waals surface area contributed by atoms with Crippen LogP contribution in [0.1, 0.15) is 24.3 Å². The zero-order valence-electron chi connectivity index (χ0n) is 8.85. The molecule has 3 N–H and O–H groups in total. The number of aromatic amines is 1. The number of rotatable bonds is 1. The van der Waals surface area contributed by atoms with Crippen molar-refractivity contribution in [3.63, 3.8) is 0 Å². The molecule has 86 valence electrons. The quantitative estimate of drug-likeness (QED) is 0.702. The molecule has 1 saturated heterocycles. The first-order valence-corrected chi connectivity index (χ1v) is 5.26. The third-order valence-corrected chi connectivity index (χ3v) is 3.00. The molecular weight excluding hydrogens is 208 g/mol. The van der Waals surface area contributed by atoms with Crippen molar-refractivity contribution in [2.45, 2.75) is 18.8 Å². The van der Waals surface area contributed by atoms with Gasteiger partial charge in [-0.15, -0.1) is 0 Å². The second-order valence-electron chi connectivity index (χ2n) is 3.94. The molecule has 6 nitrogen and oxygen atoms in total. The van der Waals surface area contributed by atoms with Crippen molar-refractivity contribution >= 4 is 6.03 Å². The molecule has 2 heterocycles. The summed E-state index contributed by atoms with van der Waals surface area (Å²) in [7, 11) is 0. The predicted octanol–water partition coefficient (Wildman–Crippen LogP) is 0.0280. The van der Waals surface area contributed by atoms with E-state index < -0.39 is 0 Å². The standard InChI is InChI=1S/C10H14N4O2/c11-10(16)14-5-2-7(3-6-14)8-1-4-12-13-9(8)15/h1,4,7H,2-3,5-6H2,(H2,11,16)(H,13,15). The third-order valence-electron chi connectivity index (χ3n) is 3.00. The maximum Gasteiger partial charge on any atom is 0.314 e. The van der Waals surface area contributed by atoms with E-state index in [-0.39, 0.29) is 17.5 Å². The van der Waals surface area contributed by atoms with E-state index in [0.717, 1.165) is 18.4 Å². The highest BCUT2D eigenvalue weighted by molar-refractivity contribution is 5.72. The van der Waals surface area contributed by atoms with Crippen LogP contribution < -0.4 is 11.3 Å². The Hall–Kier alpha value is -1.85. The average Bonchev–Trinajstić information content (AvgIpc) is 2.30. The van der Waals surface area contributed by atoms with Gasteiger partial charge in [0.25, 0.3) is 5.56 Å². The van der Waals surface area contributed by atoms with E-state index in [1.54, 1.807) is 17.2 Å². The van der Waals surface area contributed by atoms with Crippen molar-refractivity contribution in [2.24, 2.45) is 5.73 Å². The SMILES string of the molecule is NC(=O)N1CCC(c2ccn[nH]c2=O)CC1. The van der Waals surface area contributed by atoms with Gasteiger partial charge in [-0.05, 0) is 24.8 Å². The molecule has 1 aromatic rings. The van der Waals surface area contributed by atoms with Crippen LogP contribution in [-0.2, 0) is 0 Å². The van der Waals surface area contributed by atoms with Crippen LogP contribution in [0.25, 0.3) is 0 Å². The summed E-state index contributed by atoms with van der Waals surface area (Å²) in [4.78, 5) is 24.0. The van der Waals surface area contributed by atoms with Gasteiger partial charge in [0.2, 0.25) is 0 Å². The number of hydrogen-bond donors (Lipinski definition) is 2. The van der Waals surface area contributed by atoms with Gasteiger partial charge in [-0.1, -0.05) is 0 Å². The summed E-state index contributed by atoms with van der Waals surface area (Å²) < 4.78 is 0. The molecule has 1 aliphatic heterocycles. The molecule has 1 aliphatic rings. The maximum atomic E-state index is 11.5. The Morgan fingerprint density at radius 3 is 2.75 bits per heavy atom.